The number of hydrogen-bond acceptors (Lipinski definition) is 4. The Morgan fingerprint density at radius 3 is 2.67 bits per heavy atom. The third-order valence-corrected chi connectivity index (χ3v) is 4.91. The molecule has 124 valence electrons. The van der Waals surface area contributed by atoms with E-state index in [0.717, 1.165) is 11.3 Å². The maximum atomic E-state index is 12.2. The number of amidine groups is 1. The molecule has 1 aliphatic heterocycles. The predicted molar refractivity (Wildman–Crippen MR) is 99.4 cm³/mol. The van der Waals surface area contributed by atoms with Crippen LogP contribution in [0.2, 0.25) is 5.02 Å². The molecule has 6 heteroatoms. The molecule has 1 N–H and O–H groups in total. The highest BCUT2D eigenvalue weighted by Gasteiger charge is 2.30. The lowest BCUT2D eigenvalue weighted by Gasteiger charge is -2.07. The molecule has 4 nitrogen and oxygen atoms in total. The molecule has 2 aromatic rings. The summed E-state index contributed by atoms with van der Waals surface area (Å²) in [6.07, 6.45) is 0.643. The monoisotopic (exact) mass is 360 g/mol. The molecule has 0 aromatic heterocycles. The Bertz CT molecular complexity index is 762. The number of thioether (sulfide) groups is 1. The van der Waals surface area contributed by atoms with Crippen LogP contribution < -0.4 is 10.1 Å². The number of rotatable bonds is 5. The number of para-hydroxylation sites is 1. The van der Waals surface area contributed by atoms with Crippen LogP contribution in [-0.4, -0.2) is 22.9 Å². The third kappa shape index (κ3) is 4.10. The molecule has 1 heterocycles. The number of aliphatic imine (C=N–C) groups is 1. The molecule has 2 aromatic carbocycles. The smallest absolute Gasteiger partial charge is 0.239 e. The van der Waals surface area contributed by atoms with E-state index in [1.165, 1.54) is 11.8 Å². The largest absolute Gasteiger partial charge is 0.494 e. The van der Waals surface area contributed by atoms with Crippen molar-refractivity contribution >= 4 is 40.1 Å². The van der Waals surface area contributed by atoms with Gasteiger partial charge in [0.05, 0.1) is 22.6 Å². The van der Waals surface area contributed by atoms with E-state index in [9.17, 15) is 4.79 Å². The molecular weight excluding hydrogens is 344 g/mol. The van der Waals surface area contributed by atoms with Gasteiger partial charge in [0.1, 0.15) is 5.75 Å². The molecular formula is C18H17ClN2O2S. The van der Waals surface area contributed by atoms with Crippen molar-refractivity contribution in [2.24, 2.45) is 4.99 Å². The normalized spacial score (nSPS) is 18.7. The van der Waals surface area contributed by atoms with Gasteiger partial charge in [-0.1, -0.05) is 47.6 Å². The second-order valence-corrected chi connectivity index (χ2v) is 6.84. The summed E-state index contributed by atoms with van der Waals surface area (Å²) in [4.78, 5) is 16.6. The van der Waals surface area contributed by atoms with Gasteiger partial charge in [0.2, 0.25) is 5.91 Å². The first-order valence-electron chi connectivity index (χ1n) is 7.68. The number of benzene rings is 2. The summed E-state index contributed by atoms with van der Waals surface area (Å²) in [7, 11) is 0. The minimum Gasteiger partial charge on any atom is -0.494 e. The van der Waals surface area contributed by atoms with Gasteiger partial charge in [-0.05, 0) is 43.2 Å². The van der Waals surface area contributed by atoms with Crippen LogP contribution in [0.15, 0.2) is 53.5 Å². The number of hydrogen-bond donors (Lipinski definition) is 1. The van der Waals surface area contributed by atoms with Crippen LogP contribution in [0.4, 0.5) is 5.69 Å². The van der Waals surface area contributed by atoms with Crippen LogP contribution in [-0.2, 0) is 11.2 Å². The van der Waals surface area contributed by atoms with E-state index in [4.69, 9.17) is 16.3 Å². The van der Waals surface area contributed by atoms with Gasteiger partial charge in [-0.15, -0.1) is 0 Å². The van der Waals surface area contributed by atoms with Crippen molar-refractivity contribution in [3.8, 4) is 5.75 Å². The van der Waals surface area contributed by atoms with Gasteiger partial charge in [0, 0.05) is 0 Å². The lowest BCUT2D eigenvalue weighted by atomic mass is 10.1. The number of nitrogens with one attached hydrogen (secondary N) is 1. The first kappa shape index (κ1) is 16.9. The van der Waals surface area contributed by atoms with E-state index >= 15 is 0 Å². The van der Waals surface area contributed by atoms with Gasteiger partial charge < -0.3 is 10.1 Å². The molecule has 3 rings (SSSR count). The van der Waals surface area contributed by atoms with Crippen LogP contribution in [0.25, 0.3) is 0 Å². The van der Waals surface area contributed by atoms with Gasteiger partial charge in [0.15, 0.2) is 5.17 Å². The second kappa shape index (κ2) is 7.73. The molecule has 1 aliphatic rings. The molecule has 1 amide bonds. The first-order valence-corrected chi connectivity index (χ1v) is 8.94. The highest BCUT2D eigenvalue weighted by atomic mass is 35.5. The van der Waals surface area contributed by atoms with Crippen molar-refractivity contribution in [2.75, 3.05) is 6.61 Å². The van der Waals surface area contributed by atoms with Crippen molar-refractivity contribution < 1.29 is 9.53 Å². The van der Waals surface area contributed by atoms with Crippen molar-refractivity contribution in [1.82, 2.24) is 5.32 Å². The molecule has 0 aliphatic carbocycles. The molecule has 1 atom stereocenters. The van der Waals surface area contributed by atoms with Crippen molar-refractivity contribution in [3.63, 3.8) is 0 Å². The van der Waals surface area contributed by atoms with Gasteiger partial charge >= 0.3 is 0 Å². The zero-order valence-corrected chi connectivity index (χ0v) is 14.7. The van der Waals surface area contributed by atoms with E-state index in [1.54, 1.807) is 6.07 Å². The van der Waals surface area contributed by atoms with Crippen LogP contribution in [0.3, 0.4) is 0 Å². The van der Waals surface area contributed by atoms with Crippen LogP contribution in [0, 0.1) is 0 Å². The summed E-state index contributed by atoms with van der Waals surface area (Å²) in [5.74, 6) is 0.811. The Balaban J connectivity index is 1.68. The summed E-state index contributed by atoms with van der Waals surface area (Å²) in [5, 5.41) is 3.78. The van der Waals surface area contributed by atoms with Crippen LogP contribution in [0.5, 0.6) is 5.75 Å². The quantitative estimate of drug-likeness (QED) is 0.869. The molecule has 0 radical (unpaired) electrons. The van der Waals surface area contributed by atoms with Gasteiger partial charge in [-0.2, -0.15) is 0 Å². The number of halogens is 1. The topological polar surface area (TPSA) is 50.7 Å². The minimum absolute atomic E-state index is 0.0281. The van der Waals surface area contributed by atoms with Gasteiger partial charge in [0.25, 0.3) is 0 Å². The van der Waals surface area contributed by atoms with E-state index in [1.807, 2.05) is 49.4 Å². The first-order chi connectivity index (χ1) is 11.7. The Hall–Kier alpha value is -1.98. The molecule has 0 saturated carbocycles. The Kier molecular flexibility index (Phi) is 5.43. The van der Waals surface area contributed by atoms with Gasteiger partial charge in [-0.25, -0.2) is 4.99 Å². The van der Waals surface area contributed by atoms with Crippen LogP contribution in [0.1, 0.15) is 12.5 Å². The summed E-state index contributed by atoms with van der Waals surface area (Å²) in [6.45, 7) is 2.59. The molecule has 0 spiro atoms. The third-order valence-electron chi connectivity index (χ3n) is 3.51. The zero-order chi connectivity index (χ0) is 16.9. The van der Waals surface area contributed by atoms with Crippen molar-refractivity contribution in [3.05, 3.63) is 59.1 Å². The molecule has 0 bridgehead atoms. The van der Waals surface area contributed by atoms with E-state index in [-0.39, 0.29) is 11.2 Å². The van der Waals surface area contributed by atoms with Crippen molar-refractivity contribution in [2.45, 2.75) is 18.6 Å². The number of carbonyl (C=O) groups excluding carboxylic acids is 1. The van der Waals surface area contributed by atoms with E-state index < -0.39 is 0 Å². The number of carbonyl (C=O) groups is 1. The standard InChI is InChI=1S/C18H17ClN2O2S/c1-2-23-13-9-7-12(8-10-13)11-16-17(22)21-18(24-16)20-15-6-4-3-5-14(15)19/h3-10,16H,2,11H2,1H3,(H,20,21,22). The Labute approximate surface area is 150 Å². The second-order valence-electron chi connectivity index (χ2n) is 5.25. The summed E-state index contributed by atoms with van der Waals surface area (Å²) in [5.41, 5.74) is 1.74. The fourth-order valence-corrected chi connectivity index (χ4v) is 3.55. The fourth-order valence-electron chi connectivity index (χ4n) is 2.35. The molecule has 1 fully saturated rings. The summed E-state index contributed by atoms with van der Waals surface area (Å²) in [6, 6.07) is 15.1. The minimum atomic E-state index is -0.191. The van der Waals surface area contributed by atoms with E-state index in [2.05, 4.69) is 10.3 Å². The van der Waals surface area contributed by atoms with Crippen LogP contribution >= 0.6 is 23.4 Å². The maximum absolute atomic E-state index is 12.2. The lowest BCUT2D eigenvalue weighted by molar-refractivity contribution is -0.118. The maximum Gasteiger partial charge on any atom is 0.239 e. The molecule has 1 unspecified atom stereocenters. The predicted octanol–water partition coefficient (Wildman–Crippen LogP) is 4.20. The zero-order valence-electron chi connectivity index (χ0n) is 13.2. The van der Waals surface area contributed by atoms with Crippen molar-refractivity contribution in [1.29, 1.82) is 0 Å². The summed E-state index contributed by atoms with van der Waals surface area (Å²) < 4.78 is 5.43. The van der Waals surface area contributed by atoms with E-state index in [0.29, 0.717) is 28.9 Å². The number of amides is 1. The molecule has 1 saturated heterocycles. The lowest BCUT2D eigenvalue weighted by Crippen LogP contribution is -2.25. The summed E-state index contributed by atoms with van der Waals surface area (Å²) >= 11 is 7.54. The SMILES string of the molecule is CCOc1ccc(CC2SC(=Nc3ccccc3Cl)NC2=O)cc1. The van der Waals surface area contributed by atoms with Gasteiger partial charge in [-0.3, -0.25) is 4.79 Å². The molecule has 24 heavy (non-hydrogen) atoms. The highest BCUT2D eigenvalue weighted by molar-refractivity contribution is 8.15. The number of ether oxygens (including phenoxy) is 1. The number of nitrogens with zero attached hydrogens (tertiary/aromatic N) is 1. The Morgan fingerprint density at radius 1 is 1.21 bits per heavy atom. The fraction of sp³-hybridized carbons (Fsp3) is 0.222. The highest BCUT2D eigenvalue weighted by Crippen LogP contribution is 2.29. The average molecular weight is 361 g/mol. The average Bonchev–Trinajstić information content (AvgIpc) is 2.91. The Morgan fingerprint density at radius 2 is 1.96 bits per heavy atom.